The van der Waals surface area contributed by atoms with E-state index in [9.17, 15) is 9.90 Å². The zero-order chi connectivity index (χ0) is 10.7. The Balaban J connectivity index is 3.13. The van der Waals surface area contributed by atoms with Crippen LogP contribution in [0.1, 0.15) is 30.1 Å². The molecule has 0 aromatic heterocycles. The molecule has 0 unspecified atom stereocenters. The highest BCUT2D eigenvalue weighted by atomic mass is 127. The van der Waals surface area contributed by atoms with Gasteiger partial charge in [-0.15, -0.1) is 0 Å². The Hall–Kier alpha value is -0.290. The maximum absolute atomic E-state index is 11.5. The van der Waals surface area contributed by atoms with E-state index in [2.05, 4.69) is 22.6 Å². The lowest BCUT2D eigenvalue weighted by atomic mass is 10.1. The van der Waals surface area contributed by atoms with Crippen molar-refractivity contribution >= 4 is 40.0 Å². The second-order valence-corrected chi connectivity index (χ2v) is 4.61. The molecule has 0 bridgehead atoms. The molecule has 1 N–H and O–H groups in total. The highest BCUT2D eigenvalue weighted by Gasteiger charge is 2.13. The second-order valence-electron chi connectivity index (χ2n) is 2.96. The maximum atomic E-state index is 11.5. The van der Waals surface area contributed by atoms with Gasteiger partial charge >= 0.3 is 0 Å². The summed E-state index contributed by atoms with van der Waals surface area (Å²) in [5.74, 6) is -0.170. The Kier molecular flexibility index (Phi) is 4.19. The standard InChI is InChI=1S/C10H10ClIO2/c1-2-3-9(13)7-4-6(12)5-8(11)10(7)14/h4-5,14H,2-3H2,1H3. The van der Waals surface area contributed by atoms with Crippen LogP contribution in [0.15, 0.2) is 12.1 Å². The summed E-state index contributed by atoms with van der Waals surface area (Å²) in [5.41, 5.74) is 0.323. The van der Waals surface area contributed by atoms with Crippen LogP contribution in [0.4, 0.5) is 0 Å². The zero-order valence-electron chi connectivity index (χ0n) is 7.68. The van der Waals surface area contributed by atoms with Gasteiger partial charge in [0.15, 0.2) is 5.78 Å². The lowest BCUT2D eigenvalue weighted by molar-refractivity contribution is 0.0979. The van der Waals surface area contributed by atoms with Crippen molar-refractivity contribution in [3.63, 3.8) is 0 Å². The minimum Gasteiger partial charge on any atom is -0.506 e. The summed E-state index contributed by atoms with van der Waals surface area (Å²) in [7, 11) is 0. The van der Waals surface area contributed by atoms with Gasteiger partial charge in [-0.3, -0.25) is 4.79 Å². The molecule has 1 rings (SSSR count). The third kappa shape index (κ3) is 2.60. The number of hydrogen-bond donors (Lipinski definition) is 1. The van der Waals surface area contributed by atoms with Crippen LogP contribution in [0.2, 0.25) is 5.02 Å². The number of carbonyl (C=O) groups is 1. The summed E-state index contributed by atoms with van der Waals surface area (Å²) in [5, 5.41) is 9.80. The normalized spacial score (nSPS) is 10.2. The first-order chi connectivity index (χ1) is 6.56. The number of phenolic OH excluding ortho intramolecular Hbond substituents is 1. The summed E-state index contributed by atoms with van der Waals surface area (Å²) in [6.45, 7) is 1.92. The van der Waals surface area contributed by atoms with Gasteiger partial charge in [-0.2, -0.15) is 0 Å². The van der Waals surface area contributed by atoms with Gasteiger partial charge in [-0.25, -0.2) is 0 Å². The van der Waals surface area contributed by atoms with Gasteiger partial charge in [0.25, 0.3) is 0 Å². The number of Topliss-reactive ketones (excluding diaryl/α,β-unsaturated/α-hetero) is 1. The molecule has 0 aliphatic heterocycles. The quantitative estimate of drug-likeness (QED) is 0.681. The van der Waals surface area contributed by atoms with Crippen molar-refractivity contribution in [3.05, 3.63) is 26.3 Å². The van der Waals surface area contributed by atoms with Crippen LogP contribution in [0, 0.1) is 3.57 Å². The van der Waals surface area contributed by atoms with Crippen LogP contribution >= 0.6 is 34.2 Å². The molecule has 0 spiro atoms. The van der Waals surface area contributed by atoms with E-state index in [0.29, 0.717) is 12.0 Å². The second kappa shape index (κ2) is 4.98. The van der Waals surface area contributed by atoms with E-state index in [-0.39, 0.29) is 16.6 Å². The summed E-state index contributed by atoms with van der Waals surface area (Å²) in [6.07, 6.45) is 1.20. The molecule has 14 heavy (non-hydrogen) atoms. The van der Waals surface area contributed by atoms with Crippen LogP contribution in [-0.4, -0.2) is 10.9 Å². The van der Waals surface area contributed by atoms with E-state index in [1.54, 1.807) is 12.1 Å². The Morgan fingerprint density at radius 1 is 1.57 bits per heavy atom. The minimum atomic E-state index is -0.106. The fraction of sp³-hybridized carbons (Fsp3) is 0.300. The van der Waals surface area contributed by atoms with Crippen molar-refractivity contribution in [3.8, 4) is 5.75 Å². The SMILES string of the molecule is CCCC(=O)c1cc(I)cc(Cl)c1O. The summed E-state index contributed by atoms with van der Waals surface area (Å²) in [4.78, 5) is 11.5. The van der Waals surface area contributed by atoms with Crippen molar-refractivity contribution in [2.45, 2.75) is 19.8 Å². The average molecular weight is 325 g/mol. The number of benzene rings is 1. The molecule has 76 valence electrons. The Bertz CT molecular complexity index is 363. The van der Waals surface area contributed by atoms with E-state index in [1.807, 2.05) is 6.92 Å². The first kappa shape index (κ1) is 11.8. The summed E-state index contributed by atoms with van der Waals surface area (Å²) < 4.78 is 0.852. The average Bonchev–Trinajstić information content (AvgIpc) is 2.11. The van der Waals surface area contributed by atoms with Crippen LogP contribution < -0.4 is 0 Å². The lowest BCUT2D eigenvalue weighted by Gasteiger charge is -2.05. The van der Waals surface area contributed by atoms with Crippen molar-refractivity contribution in [2.24, 2.45) is 0 Å². The van der Waals surface area contributed by atoms with Crippen molar-refractivity contribution in [1.82, 2.24) is 0 Å². The van der Waals surface area contributed by atoms with Gasteiger partial charge in [0, 0.05) is 9.99 Å². The molecule has 4 heteroatoms. The van der Waals surface area contributed by atoms with Gasteiger partial charge in [0.05, 0.1) is 10.6 Å². The molecule has 1 aromatic carbocycles. The highest BCUT2D eigenvalue weighted by molar-refractivity contribution is 14.1. The molecule has 2 nitrogen and oxygen atoms in total. The molecular formula is C10H10ClIO2. The van der Waals surface area contributed by atoms with Gasteiger partial charge in [0.2, 0.25) is 0 Å². The number of phenols is 1. The molecule has 0 fully saturated rings. The molecule has 0 saturated heterocycles. The molecule has 0 atom stereocenters. The molecule has 0 amide bonds. The molecule has 0 aliphatic carbocycles. The Morgan fingerprint density at radius 3 is 2.79 bits per heavy atom. The molecule has 1 aromatic rings. The summed E-state index contributed by atoms with van der Waals surface area (Å²) >= 11 is 7.82. The number of aromatic hydroxyl groups is 1. The molecular weight excluding hydrogens is 314 g/mol. The van der Waals surface area contributed by atoms with Crippen molar-refractivity contribution < 1.29 is 9.90 Å². The Labute approximate surface area is 101 Å². The van der Waals surface area contributed by atoms with Crippen molar-refractivity contribution in [1.29, 1.82) is 0 Å². The smallest absolute Gasteiger partial charge is 0.166 e. The predicted molar refractivity (Wildman–Crippen MR) is 65.1 cm³/mol. The third-order valence-corrected chi connectivity index (χ3v) is 2.72. The molecule has 0 radical (unpaired) electrons. The largest absolute Gasteiger partial charge is 0.506 e. The van der Waals surface area contributed by atoms with E-state index >= 15 is 0 Å². The number of halogens is 2. The van der Waals surface area contributed by atoms with E-state index in [1.165, 1.54) is 0 Å². The number of rotatable bonds is 3. The van der Waals surface area contributed by atoms with E-state index < -0.39 is 0 Å². The van der Waals surface area contributed by atoms with E-state index in [0.717, 1.165) is 9.99 Å². The van der Waals surface area contributed by atoms with Crippen LogP contribution in [0.3, 0.4) is 0 Å². The number of hydrogen-bond acceptors (Lipinski definition) is 2. The van der Waals surface area contributed by atoms with Crippen molar-refractivity contribution in [2.75, 3.05) is 0 Å². The van der Waals surface area contributed by atoms with Gasteiger partial charge in [-0.05, 0) is 41.1 Å². The third-order valence-electron chi connectivity index (χ3n) is 1.81. The maximum Gasteiger partial charge on any atom is 0.166 e. The summed E-state index contributed by atoms with van der Waals surface area (Å²) in [6, 6.07) is 3.28. The van der Waals surface area contributed by atoms with Gasteiger partial charge in [-0.1, -0.05) is 18.5 Å². The first-order valence-corrected chi connectivity index (χ1v) is 5.73. The monoisotopic (exact) mass is 324 g/mol. The van der Waals surface area contributed by atoms with Gasteiger partial charge < -0.3 is 5.11 Å². The fourth-order valence-corrected chi connectivity index (χ4v) is 2.17. The van der Waals surface area contributed by atoms with Crippen LogP contribution in [0.25, 0.3) is 0 Å². The number of carbonyl (C=O) groups excluding carboxylic acids is 1. The zero-order valence-corrected chi connectivity index (χ0v) is 10.6. The topological polar surface area (TPSA) is 37.3 Å². The Morgan fingerprint density at radius 2 is 2.21 bits per heavy atom. The first-order valence-electron chi connectivity index (χ1n) is 4.27. The highest BCUT2D eigenvalue weighted by Crippen LogP contribution is 2.30. The van der Waals surface area contributed by atoms with Crippen LogP contribution in [-0.2, 0) is 0 Å². The van der Waals surface area contributed by atoms with E-state index in [4.69, 9.17) is 11.6 Å². The minimum absolute atomic E-state index is 0.0644. The molecule has 0 heterocycles. The fourth-order valence-electron chi connectivity index (χ4n) is 1.14. The predicted octanol–water partition coefficient (Wildman–Crippen LogP) is 3.63. The van der Waals surface area contributed by atoms with Gasteiger partial charge in [0.1, 0.15) is 5.75 Å². The number of ketones is 1. The van der Waals surface area contributed by atoms with Crippen LogP contribution in [0.5, 0.6) is 5.75 Å². The molecule has 0 aliphatic rings. The lowest BCUT2D eigenvalue weighted by Crippen LogP contribution is -1.99. The molecule has 0 saturated carbocycles.